The molecule has 0 spiro atoms. The van der Waals surface area contributed by atoms with Gasteiger partial charge in [0.2, 0.25) is 10.0 Å². The molecule has 90 valence electrons. The predicted octanol–water partition coefficient (Wildman–Crippen LogP) is 0.326. The standard InChI is InChI=1S/C9H7FN2O4S/c10-7-5-6(9(13)14)1-2-8(7)17(15,16)12-4-3-11/h1-2,5,12H,4H2,(H,13,14). The third-order valence-electron chi connectivity index (χ3n) is 1.81. The van der Waals surface area contributed by atoms with Crippen LogP contribution in [0.2, 0.25) is 0 Å². The lowest BCUT2D eigenvalue weighted by atomic mass is 10.2. The first kappa shape index (κ1) is 13.1. The first-order chi connectivity index (χ1) is 7.88. The Balaban J connectivity index is 3.17. The van der Waals surface area contributed by atoms with Gasteiger partial charge in [-0.15, -0.1) is 0 Å². The lowest BCUT2D eigenvalue weighted by molar-refractivity contribution is 0.0696. The topological polar surface area (TPSA) is 107 Å². The van der Waals surface area contributed by atoms with Crippen molar-refractivity contribution in [1.29, 1.82) is 5.26 Å². The van der Waals surface area contributed by atoms with Crippen LogP contribution >= 0.6 is 0 Å². The molecule has 0 atom stereocenters. The zero-order chi connectivity index (χ0) is 13.1. The molecule has 8 heteroatoms. The lowest BCUT2D eigenvalue weighted by Gasteiger charge is -2.05. The fourth-order valence-corrected chi connectivity index (χ4v) is 2.03. The Bertz CT molecular complexity index is 592. The zero-order valence-corrected chi connectivity index (χ0v) is 9.16. The molecule has 2 N–H and O–H groups in total. The average Bonchev–Trinajstić information content (AvgIpc) is 2.25. The number of hydrogen-bond donors (Lipinski definition) is 2. The molecule has 1 aromatic rings. The highest BCUT2D eigenvalue weighted by atomic mass is 32.2. The maximum Gasteiger partial charge on any atom is 0.335 e. The SMILES string of the molecule is N#CCNS(=O)(=O)c1ccc(C(=O)O)cc1F. The largest absolute Gasteiger partial charge is 0.478 e. The van der Waals surface area contributed by atoms with E-state index in [0.717, 1.165) is 12.1 Å². The van der Waals surface area contributed by atoms with Gasteiger partial charge in [0.1, 0.15) is 10.7 Å². The number of halogens is 1. The molecule has 1 rings (SSSR count). The first-order valence-electron chi connectivity index (χ1n) is 4.28. The summed E-state index contributed by atoms with van der Waals surface area (Å²) in [6.45, 7) is -0.498. The zero-order valence-electron chi connectivity index (χ0n) is 8.34. The minimum atomic E-state index is -4.14. The van der Waals surface area contributed by atoms with Crippen molar-refractivity contribution in [2.75, 3.05) is 6.54 Å². The van der Waals surface area contributed by atoms with Crippen molar-refractivity contribution >= 4 is 16.0 Å². The van der Waals surface area contributed by atoms with Crippen LogP contribution in [0.4, 0.5) is 4.39 Å². The number of carboxylic acid groups (broad SMARTS) is 1. The van der Waals surface area contributed by atoms with E-state index >= 15 is 0 Å². The number of hydrogen-bond acceptors (Lipinski definition) is 4. The molecule has 0 unspecified atom stereocenters. The van der Waals surface area contributed by atoms with Crippen molar-refractivity contribution in [2.24, 2.45) is 0 Å². The smallest absolute Gasteiger partial charge is 0.335 e. The Hall–Kier alpha value is -1.98. The van der Waals surface area contributed by atoms with Crippen LogP contribution in [0.3, 0.4) is 0 Å². The van der Waals surface area contributed by atoms with Crippen molar-refractivity contribution in [3.05, 3.63) is 29.6 Å². The second-order valence-corrected chi connectivity index (χ2v) is 4.67. The second-order valence-electron chi connectivity index (χ2n) is 2.93. The number of carbonyl (C=O) groups is 1. The molecule has 0 saturated carbocycles. The van der Waals surface area contributed by atoms with Gasteiger partial charge in [0.05, 0.1) is 18.2 Å². The van der Waals surface area contributed by atoms with E-state index < -0.39 is 33.3 Å². The molecule has 0 fully saturated rings. The Morgan fingerprint density at radius 2 is 2.18 bits per heavy atom. The van der Waals surface area contributed by atoms with Gasteiger partial charge < -0.3 is 5.11 Å². The summed E-state index contributed by atoms with van der Waals surface area (Å²) in [5.74, 6) is -2.55. The third kappa shape index (κ3) is 2.99. The first-order valence-corrected chi connectivity index (χ1v) is 5.76. The summed E-state index contributed by atoms with van der Waals surface area (Å²) in [5.41, 5.74) is -0.360. The minimum absolute atomic E-state index is 0.360. The minimum Gasteiger partial charge on any atom is -0.478 e. The van der Waals surface area contributed by atoms with Crippen molar-refractivity contribution in [2.45, 2.75) is 4.90 Å². The molecule has 0 aliphatic rings. The number of carboxylic acids is 1. The van der Waals surface area contributed by atoms with Crippen LogP contribution in [0, 0.1) is 17.1 Å². The lowest BCUT2D eigenvalue weighted by Crippen LogP contribution is -2.25. The number of nitrogens with zero attached hydrogens (tertiary/aromatic N) is 1. The van der Waals surface area contributed by atoms with Crippen molar-refractivity contribution in [1.82, 2.24) is 4.72 Å². The van der Waals surface area contributed by atoms with Gasteiger partial charge in [-0.2, -0.15) is 9.98 Å². The van der Waals surface area contributed by atoms with Gasteiger partial charge >= 0.3 is 5.97 Å². The fourth-order valence-electron chi connectivity index (χ4n) is 1.06. The summed E-state index contributed by atoms with van der Waals surface area (Å²) >= 11 is 0. The van der Waals surface area contributed by atoms with Crippen LogP contribution in [-0.2, 0) is 10.0 Å². The Morgan fingerprint density at radius 3 is 2.65 bits per heavy atom. The molecule has 0 radical (unpaired) electrons. The average molecular weight is 258 g/mol. The number of sulfonamides is 1. The molecule has 0 bridgehead atoms. The molecule has 0 aliphatic carbocycles. The summed E-state index contributed by atoms with van der Waals surface area (Å²) in [6.07, 6.45) is 0. The summed E-state index contributed by atoms with van der Waals surface area (Å²) in [5, 5.41) is 16.8. The Morgan fingerprint density at radius 1 is 1.53 bits per heavy atom. The number of nitriles is 1. The van der Waals surface area contributed by atoms with E-state index in [9.17, 15) is 17.6 Å². The van der Waals surface area contributed by atoms with E-state index in [1.54, 1.807) is 0 Å². The molecule has 6 nitrogen and oxygen atoms in total. The van der Waals surface area contributed by atoms with E-state index in [-0.39, 0.29) is 5.56 Å². The number of rotatable bonds is 4. The quantitative estimate of drug-likeness (QED) is 0.756. The highest BCUT2D eigenvalue weighted by Gasteiger charge is 2.19. The normalized spacial score (nSPS) is 10.8. The van der Waals surface area contributed by atoms with Crippen LogP contribution < -0.4 is 4.72 Å². The summed E-state index contributed by atoms with van der Waals surface area (Å²) in [7, 11) is -4.14. The highest BCUT2D eigenvalue weighted by Crippen LogP contribution is 2.15. The maximum atomic E-state index is 13.4. The number of nitrogens with one attached hydrogen (secondary N) is 1. The molecule has 1 aromatic carbocycles. The maximum absolute atomic E-state index is 13.4. The van der Waals surface area contributed by atoms with E-state index in [4.69, 9.17) is 10.4 Å². The van der Waals surface area contributed by atoms with Gasteiger partial charge in [-0.05, 0) is 18.2 Å². The molecule has 0 amide bonds. The highest BCUT2D eigenvalue weighted by molar-refractivity contribution is 7.89. The van der Waals surface area contributed by atoms with Crippen LogP contribution in [0.25, 0.3) is 0 Å². The number of benzene rings is 1. The monoisotopic (exact) mass is 258 g/mol. The molecule has 0 heterocycles. The van der Waals surface area contributed by atoms with Crippen LogP contribution in [0.5, 0.6) is 0 Å². The van der Waals surface area contributed by atoms with Gasteiger partial charge in [0, 0.05) is 0 Å². The van der Waals surface area contributed by atoms with Gasteiger partial charge in [0.25, 0.3) is 0 Å². The molecule has 0 aromatic heterocycles. The summed E-state index contributed by atoms with van der Waals surface area (Å²) in [4.78, 5) is 9.81. The number of aromatic carboxylic acids is 1. The van der Waals surface area contributed by atoms with E-state index in [1.165, 1.54) is 6.07 Å². The molecule has 17 heavy (non-hydrogen) atoms. The Kier molecular flexibility index (Phi) is 3.77. The Labute approximate surface area is 96.4 Å². The van der Waals surface area contributed by atoms with Gasteiger partial charge in [0.15, 0.2) is 0 Å². The van der Waals surface area contributed by atoms with E-state index in [2.05, 4.69) is 0 Å². The van der Waals surface area contributed by atoms with Crippen LogP contribution in [0.1, 0.15) is 10.4 Å². The molecule has 0 aliphatic heterocycles. The van der Waals surface area contributed by atoms with Crippen molar-refractivity contribution in [3.63, 3.8) is 0 Å². The van der Waals surface area contributed by atoms with Crippen LogP contribution in [0.15, 0.2) is 23.1 Å². The van der Waals surface area contributed by atoms with E-state index in [0.29, 0.717) is 6.07 Å². The molecular formula is C9H7FN2O4S. The van der Waals surface area contributed by atoms with E-state index in [1.807, 2.05) is 4.72 Å². The van der Waals surface area contributed by atoms with Gasteiger partial charge in [-0.1, -0.05) is 0 Å². The summed E-state index contributed by atoms with van der Waals surface area (Å²) < 4.78 is 38.1. The third-order valence-corrected chi connectivity index (χ3v) is 3.24. The van der Waals surface area contributed by atoms with Crippen molar-refractivity contribution < 1.29 is 22.7 Å². The fraction of sp³-hybridized carbons (Fsp3) is 0.111. The molecule has 0 saturated heterocycles. The van der Waals surface area contributed by atoms with Gasteiger partial charge in [-0.3, -0.25) is 0 Å². The summed E-state index contributed by atoms with van der Waals surface area (Å²) in [6, 6.07) is 3.93. The predicted molar refractivity (Wildman–Crippen MR) is 54.2 cm³/mol. The second kappa shape index (κ2) is 4.90. The molecular weight excluding hydrogens is 251 g/mol. The van der Waals surface area contributed by atoms with Crippen molar-refractivity contribution in [3.8, 4) is 6.07 Å². The van der Waals surface area contributed by atoms with Gasteiger partial charge in [-0.25, -0.2) is 17.6 Å². The van der Waals surface area contributed by atoms with Crippen LogP contribution in [-0.4, -0.2) is 26.0 Å².